The average Bonchev–Trinajstić information content (AvgIpc) is 3.10. The first kappa shape index (κ1) is 20.2. The quantitative estimate of drug-likeness (QED) is 0.757. The van der Waals surface area contributed by atoms with E-state index >= 15 is 0 Å². The minimum atomic E-state index is -1.02. The number of ether oxygens (including phenoxy) is 1. The Labute approximate surface area is 158 Å². The number of carbonyl (C=O) groups excluding carboxylic acids is 2. The Kier molecular flexibility index (Phi) is 6.35. The molecule has 2 unspecified atom stereocenters. The van der Waals surface area contributed by atoms with Crippen LogP contribution in [0, 0.1) is 17.2 Å². The van der Waals surface area contributed by atoms with Crippen molar-refractivity contribution in [3.05, 3.63) is 48.3 Å². The number of amides is 1. The fraction of sp³-hybridized carbons (Fsp3) is 0.400. The van der Waals surface area contributed by atoms with Crippen molar-refractivity contribution < 1.29 is 14.3 Å². The van der Waals surface area contributed by atoms with Gasteiger partial charge in [0.1, 0.15) is 5.54 Å². The van der Waals surface area contributed by atoms with Crippen molar-refractivity contribution in [3.63, 3.8) is 0 Å². The first-order valence-electron chi connectivity index (χ1n) is 8.77. The van der Waals surface area contributed by atoms with Crippen LogP contribution in [0.5, 0.6) is 0 Å². The van der Waals surface area contributed by atoms with E-state index in [0.29, 0.717) is 5.56 Å². The number of nitrogens with zero attached hydrogens (tertiary/aromatic N) is 3. The van der Waals surface area contributed by atoms with Crippen LogP contribution in [0.2, 0.25) is 0 Å². The monoisotopic (exact) mass is 368 g/mol. The molecule has 2 aromatic rings. The normalized spacial score (nSPS) is 14.1. The molecule has 7 nitrogen and oxygen atoms in total. The molecule has 1 heterocycles. The predicted octanol–water partition coefficient (Wildman–Crippen LogP) is 2.40. The van der Waals surface area contributed by atoms with E-state index in [2.05, 4.69) is 16.5 Å². The van der Waals surface area contributed by atoms with Gasteiger partial charge in [0.15, 0.2) is 6.10 Å². The number of esters is 1. The van der Waals surface area contributed by atoms with Crippen molar-refractivity contribution in [1.82, 2.24) is 15.1 Å². The number of nitriles is 1. The van der Waals surface area contributed by atoms with Crippen LogP contribution in [-0.2, 0) is 20.7 Å². The summed E-state index contributed by atoms with van der Waals surface area (Å²) in [5, 5.41) is 16.1. The Balaban J connectivity index is 1.93. The summed E-state index contributed by atoms with van der Waals surface area (Å²) in [6, 6.07) is 11.6. The van der Waals surface area contributed by atoms with E-state index in [9.17, 15) is 14.9 Å². The van der Waals surface area contributed by atoms with Gasteiger partial charge in [0.2, 0.25) is 0 Å². The molecule has 0 radical (unpaired) electrons. The van der Waals surface area contributed by atoms with E-state index in [-0.39, 0.29) is 12.3 Å². The summed E-state index contributed by atoms with van der Waals surface area (Å²) in [4.78, 5) is 24.4. The summed E-state index contributed by atoms with van der Waals surface area (Å²) < 4.78 is 6.87. The van der Waals surface area contributed by atoms with Crippen LogP contribution in [0.3, 0.4) is 0 Å². The van der Waals surface area contributed by atoms with Crippen molar-refractivity contribution in [2.45, 2.75) is 45.8 Å². The third-order valence-corrected chi connectivity index (χ3v) is 4.45. The molecular formula is C20H24N4O3. The van der Waals surface area contributed by atoms with Gasteiger partial charge in [-0.3, -0.25) is 9.59 Å². The molecule has 27 heavy (non-hydrogen) atoms. The predicted molar refractivity (Wildman–Crippen MR) is 99.8 cm³/mol. The molecule has 1 aromatic carbocycles. The second kappa shape index (κ2) is 8.49. The Hall–Kier alpha value is -3.14. The lowest BCUT2D eigenvalue weighted by atomic mass is 9.90. The Bertz CT molecular complexity index is 838. The van der Waals surface area contributed by atoms with Crippen LogP contribution in [0.25, 0.3) is 5.69 Å². The number of nitrogens with one attached hydrogen (secondary N) is 1. The third kappa shape index (κ3) is 5.17. The maximum absolute atomic E-state index is 12.2. The molecule has 142 valence electrons. The van der Waals surface area contributed by atoms with Gasteiger partial charge in [0.25, 0.3) is 5.91 Å². The van der Waals surface area contributed by atoms with E-state index in [0.717, 1.165) is 5.69 Å². The number of aromatic nitrogens is 2. The molecule has 0 aliphatic carbocycles. The van der Waals surface area contributed by atoms with E-state index in [1.54, 1.807) is 24.0 Å². The molecule has 0 aliphatic rings. The van der Waals surface area contributed by atoms with E-state index in [1.165, 1.54) is 6.92 Å². The van der Waals surface area contributed by atoms with Gasteiger partial charge in [-0.25, -0.2) is 4.68 Å². The third-order valence-electron chi connectivity index (χ3n) is 4.45. The van der Waals surface area contributed by atoms with Crippen molar-refractivity contribution in [3.8, 4) is 11.8 Å². The summed E-state index contributed by atoms with van der Waals surface area (Å²) in [5.41, 5.74) is 0.545. The minimum absolute atomic E-state index is 0.00412. The highest BCUT2D eigenvalue weighted by Gasteiger charge is 2.32. The molecule has 1 N–H and O–H groups in total. The van der Waals surface area contributed by atoms with E-state index in [1.807, 2.05) is 44.2 Å². The van der Waals surface area contributed by atoms with Crippen molar-refractivity contribution >= 4 is 11.9 Å². The molecule has 0 saturated heterocycles. The van der Waals surface area contributed by atoms with Crippen LogP contribution >= 0.6 is 0 Å². The number of rotatable bonds is 7. The van der Waals surface area contributed by atoms with E-state index in [4.69, 9.17) is 4.74 Å². The highest BCUT2D eigenvalue weighted by Crippen LogP contribution is 2.16. The van der Waals surface area contributed by atoms with Crippen LogP contribution in [0.15, 0.2) is 42.7 Å². The number of benzene rings is 1. The molecule has 1 aromatic heterocycles. The van der Waals surface area contributed by atoms with Gasteiger partial charge >= 0.3 is 5.97 Å². The van der Waals surface area contributed by atoms with E-state index < -0.39 is 23.5 Å². The van der Waals surface area contributed by atoms with Gasteiger partial charge < -0.3 is 10.1 Å². The van der Waals surface area contributed by atoms with Crippen LogP contribution in [-0.4, -0.2) is 33.3 Å². The minimum Gasteiger partial charge on any atom is -0.452 e. The standard InChI is InChI=1S/C20H24N4O3/c1-14(2)20(4,13-21)23-19(26)15(3)27-18(25)10-16-11-22-24(12-16)17-8-6-5-7-9-17/h5-9,11-12,14-15H,10H2,1-4H3,(H,23,26). The zero-order valence-electron chi connectivity index (χ0n) is 16.0. The molecule has 0 aliphatic heterocycles. The molecule has 0 fully saturated rings. The fourth-order valence-corrected chi connectivity index (χ4v) is 2.29. The number of para-hydroxylation sites is 1. The maximum atomic E-state index is 12.2. The van der Waals surface area contributed by atoms with Gasteiger partial charge in [-0.15, -0.1) is 0 Å². The molecule has 0 bridgehead atoms. The molecular weight excluding hydrogens is 344 g/mol. The van der Waals surface area contributed by atoms with Crippen molar-refractivity contribution in [2.24, 2.45) is 5.92 Å². The fourth-order valence-electron chi connectivity index (χ4n) is 2.29. The molecule has 0 spiro atoms. The number of hydrogen-bond acceptors (Lipinski definition) is 5. The Morgan fingerprint density at radius 2 is 1.96 bits per heavy atom. The van der Waals surface area contributed by atoms with Crippen molar-refractivity contribution in [2.75, 3.05) is 0 Å². The molecule has 2 atom stereocenters. The molecule has 2 rings (SSSR count). The topological polar surface area (TPSA) is 97.0 Å². The molecule has 0 saturated carbocycles. The summed E-state index contributed by atoms with van der Waals surface area (Å²) in [5.74, 6) is -1.12. The Morgan fingerprint density at radius 1 is 1.30 bits per heavy atom. The first-order chi connectivity index (χ1) is 12.7. The Morgan fingerprint density at radius 3 is 2.56 bits per heavy atom. The molecule has 1 amide bonds. The summed E-state index contributed by atoms with van der Waals surface area (Å²) in [6.07, 6.45) is 2.34. The largest absolute Gasteiger partial charge is 0.452 e. The summed E-state index contributed by atoms with van der Waals surface area (Å²) >= 11 is 0. The van der Waals surface area contributed by atoms with Gasteiger partial charge in [0, 0.05) is 11.8 Å². The van der Waals surface area contributed by atoms with Crippen molar-refractivity contribution in [1.29, 1.82) is 5.26 Å². The second-order valence-electron chi connectivity index (χ2n) is 6.90. The zero-order chi connectivity index (χ0) is 20.0. The van der Waals surface area contributed by atoms with Crippen LogP contribution in [0.1, 0.15) is 33.3 Å². The second-order valence-corrected chi connectivity index (χ2v) is 6.90. The number of hydrogen-bond donors (Lipinski definition) is 1. The SMILES string of the molecule is CC(OC(=O)Cc1cnn(-c2ccccc2)c1)C(=O)NC(C)(C#N)C(C)C. The average molecular weight is 368 g/mol. The highest BCUT2D eigenvalue weighted by molar-refractivity contribution is 5.84. The van der Waals surface area contributed by atoms with Crippen LogP contribution < -0.4 is 5.32 Å². The lowest BCUT2D eigenvalue weighted by Gasteiger charge is -2.28. The van der Waals surface area contributed by atoms with Crippen LogP contribution in [0.4, 0.5) is 0 Å². The summed E-state index contributed by atoms with van der Waals surface area (Å²) in [7, 11) is 0. The smallest absolute Gasteiger partial charge is 0.311 e. The van der Waals surface area contributed by atoms with Gasteiger partial charge in [0.05, 0.1) is 24.4 Å². The highest BCUT2D eigenvalue weighted by atomic mass is 16.5. The maximum Gasteiger partial charge on any atom is 0.311 e. The lowest BCUT2D eigenvalue weighted by molar-refractivity contribution is -0.154. The lowest BCUT2D eigenvalue weighted by Crippen LogP contribution is -2.52. The first-order valence-corrected chi connectivity index (χ1v) is 8.77. The van der Waals surface area contributed by atoms with Gasteiger partial charge in [-0.05, 0) is 31.9 Å². The molecule has 7 heteroatoms. The number of carbonyl (C=O) groups is 2. The zero-order valence-corrected chi connectivity index (χ0v) is 16.0. The van der Waals surface area contributed by atoms with Gasteiger partial charge in [-0.1, -0.05) is 32.0 Å². The summed E-state index contributed by atoms with van der Waals surface area (Å²) in [6.45, 7) is 6.80. The van der Waals surface area contributed by atoms with Gasteiger partial charge in [-0.2, -0.15) is 10.4 Å².